The van der Waals surface area contributed by atoms with Gasteiger partial charge in [-0.15, -0.1) is 5.92 Å². The summed E-state index contributed by atoms with van der Waals surface area (Å²) in [6.07, 6.45) is 1.06. The molecular weight excluding hydrogens is 140 g/mol. The van der Waals surface area contributed by atoms with E-state index in [9.17, 15) is 0 Å². The van der Waals surface area contributed by atoms with E-state index in [0.717, 1.165) is 6.42 Å². The lowest BCUT2D eigenvalue weighted by molar-refractivity contribution is 0.0168. The van der Waals surface area contributed by atoms with Crippen LogP contribution in [0.1, 0.15) is 20.3 Å². The fourth-order valence-electron chi connectivity index (χ4n) is 1.41. The molecule has 1 fully saturated rings. The largest absolute Gasteiger partial charge is 0.394 e. The molecule has 0 aromatic rings. The molecule has 0 spiro atoms. The molecule has 0 unspecified atom stereocenters. The molecular formula is C9H14O2. The highest BCUT2D eigenvalue weighted by atomic mass is 16.5. The standard InChI is InChI=1S/C9H14O2/c1-3-4-8-5-9(6-10)11-7(8)2/h7-10H,5-6H2,1-2H3/t7-,8-,9-/m0/s1. The van der Waals surface area contributed by atoms with E-state index in [2.05, 4.69) is 11.8 Å². The summed E-state index contributed by atoms with van der Waals surface area (Å²) in [5, 5.41) is 8.80. The first-order valence-corrected chi connectivity index (χ1v) is 3.96. The first-order chi connectivity index (χ1) is 5.27. The van der Waals surface area contributed by atoms with E-state index in [-0.39, 0.29) is 18.8 Å². The van der Waals surface area contributed by atoms with Gasteiger partial charge in [0.2, 0.25) is 0 Å². The second-order valence-electron chi connectivity index (χ2n) is 2.88. The fraction of sp³-hybridized carbons (Fsp3) is 0.778. The maximum atomic E-state index is 8.80. The first kappa shape index (κ1) is 8.58. The molecule has 0 aliphatic carbocycles. The zero-order chi connectivity index (χ0) is 8.27. The summed E-state index contributed by atoms with van der Waals surface area (Å²) in [6, 6.07) is 0. The Kier molecular flexibility index (Phi) is 2.92. The molecule has 0 aromatic heterocycles. The topological polar surface area (TPSA) is 29.5 Å². The lowest BCUT2D eigenvalue weighted by Crippen LogP contribution is -2.12. The third-order valence-electron chi connectivity index (χ3n) is 2.02. The van der Waals surface area contributed by atoms with E-state index in [1.807, 2.05) is 13.8 Å². The minimum absolute atomic E-state index is 0.0100. The van der Waals surface area contributed by atoms with Crippen molar-refractivity contribution in [3.63, 3.8) is 0 Å². The summed E-state index contributed by atoms with van der Waals surface area (Å²) < 4.78 is 5.42. The highest BCUT2D eigenvalue weighted by Crippen LogP contribution is 2.25. The van der Waals surface area contributed by atoms with Crippen molar-refractivity contribution in [2.24, 2.45) is 5.92 Å². The van der Waals surface area contributed by atoms with Crippen LogP contribution < -0.4 is 0 Å². The predicted molar refractivity (Wildman–Crippen MR) is 43.0 cm³/mol. The van der Waals surface area contributed by atoms with E-state index in [1.54, 1.807) is 0 Å². The van der Waals surface area contributed by atoms with Crippen molar-refractivity contribution in [3.05, 3.63) is 0 Å². The summed E-state index contributed by atoms with van der Waals surface area (Å²) >= 11 is 0. The minimum Gasteiger partial charge on any atom is -0.394 e. The van der Waals surface area contributed by atoms with E-state index >= 15 is 0 Å². The molecule has 1 saturated heterocycles. The first-order valence-electron chi connectivity index (χ1n) is 3.96. The van der Waals surface area contributed by atoms with Gasteiger partial charge in [0.1, 0.15) is 0 Å². The van der Waals surface area contributed by atoms with Gasteiger partial charge in [-0.1, -0.05) is 5.92 Å². The summed E-state index contributed by atoms with van der Waals surface area (Å²) in [4.78, 5) is 0. The molecule has 1 rings (SSSR count). The summed E-state index contributed by atoms with van der Waals surface area (Å²) in [5.41, 5.74) is 0. The lowest BCUT2D eigenvalue weighted by atomic mass is 10.0. The van der Waals surface area contributed by atoms with Gasteiger partial charge in [0.15, 0.2) is 0 Å². The van der Waals surface area contributed by atoms with E-state index in [4.69, 9.17) is 9.84 Å². The smallest absolute Gasteiger partial charge is 0.0822 e. The SMILES string of the molecule is CC#C[C@H]1C[C@@H](CO)O[C@H]1C. The molecule has 2 nitrogen and oxygen atoms in total. The summed E-state index contributed by atoms with van der Waals surface area (Å²) in [5.74, 6) is 6.26. The molecule has 0 bridgehead atoms. The van der Waals surface area contributed by atoms with Gasteiger partial charge in [0.05, 0.1) is 18.8 Å². The second kappa shape index (κ2) is 3.75. The van der Waals surface area contributed by atoms with Gasteiger partial charge in [0.25, 0.3) is 0 Å². The van der Waals surface area contributed by atoms with Gasteiger partial charge in [-0.2, -0.15) is 0 Å². The molecule has 1 aliphatic heterocycles. The minimum atomic E-state index is 0.0100. The number of aliphatic hydroxyl groups excluding tert-OH is 1. The summed E-state index contributed by atoms with van der Waals surface area (Å²) in [7, 11) is 0. The highest BCUT2D eigenvalue weighted by molar-refractivity contribution is 5.05. The molecule has 11 heavy (non-hydrogen) atoms. The normalized spacial score (nSPS) is 36.5. The lowest BCUT2D eigenvalue weighted by Gasteiger charge is -2.06. The Balaban J connectivity index is 2.49. The molecule has 3 atom stereocenters. The third kappa shape index (κ3) is 1.95. The Morgan fingerprint density at radius 1 is 1.64 bits per heavy atom. The number of hydrogen-bond acceptors (Lipinski definition) is 2. The van der Waals surface area contributed by atoms with E-state index < -0.39 is 0 Å². The Bertz CT molecular complexity index is 178. The van der Waals surface area contributed by atoms with Crippen LogP contribution in [0, 0.1) is 17.8 Å². The third-order valence-corrected chi connectivity index (χ3v) is 2.02. The van der Waals surface area contributed by atoms with Crippen molar-refractivity contribution in [1.82, 2.24) is 0 Å². The summed E-state index contributed by atoms with van der Waals surface area (Å²) in [6.45, 7) is 3.95. The van der Waals surface area contributed by atoms with Crippen molar-refractivity contribution >= 4 is 0 Å². The number of ether oxygens (including phenoxy) is 1. The number of aliphatic hydroxyl groups is 1. The maximum absolute atomic E-state index is 8.80. The van der Waals surface area contributed by atoms with Gasteiger partial charge in [-0.25, -0.2) is 0 Å². The average molecular weight is 154 g/mol. The Morgan fingerprint density at radius 2 is 2.36 bits per heavy atom. The molecule has 0 amide bonds. The highest BCUT2D eigenvalue weighted by Gasteiger charge is 2.29. The quantitative estimate of drug-likeness (QED) is 0.566. The van der Waals surface area contributed by atoms with Crippen molar-refractivity contribution in [3.8, 4) is 11.8 Å². The van der Waals surface area contributed by atoms with Gasteiger partial charge in [-0.3, -0.25) is 0 Å². The van der Waals surface area contributed by atoms with Crippen LogP contribution in [0.4, 0.5) is 0 Å². The molecule has 2 heteroatoms. The van der Waals surface area contributed by atoms with Crippen molar-refractivity contribution in [2.45, 2.75) is 32.5 Å². The van der Waals surface area contributed by atoms with Gasteiger partial charge >= 0.3 is 0 Å². The van der Waals surface area contributed by atoms with Crippen LogP contribution in [0.2, 0.25) is 0 Å². The van der Waals surface area contributed by atoms with Gasteiger partial charge in [-0.05, 0) is 20.3 Å². The number of rotatable bonds is 1. The van der Waals surface area contributed by atoms with Crippen molar-refractivity contribution in [1.29, 1.82) is 0 Å². The molecule has 0 saturated carbocycles. The molecule has 1 aliphatic rings. The van der Waals surface area contributed by atoms with Crippen LogP contribution in [-0.2, 0) is 4.74 Å². The molecule has 0 radical (unpaired) electrons. The van der Waals surface area contributed by atoms with E-state index in [1.165, 1.54) is 0 Å². The average Bonchev–Trinajstić information content (AvgIpc) is 2.33. The predicted octanol–water partition coefficient (Wildman–Crippen LogP) is 0.796. The van der Waals surface area contributed by atoms with E-state index in [0.29, 0.717) is 5.92 Å². The van der Waals surface area contributed by atoms with Crippen LogP contribution in [0.15, 0.2) is 0 Å². The van der Waals surface area contributed by atoms with Crippen LogP contribution in [0.3, 0.4) is 0 Å². The molecule has 1 N–H and O–H groups in total. The molecule has 1 heterocycles. The van der Waals surface area contributed by atoms with Crippen molar-refractivity contribution < 1.29 is 9.84 Å². The maximum Gasteiger partial charge on any atom is 0.0822 e. The Labute approximate surface area is 67.6 Å². The molecule has 62 valence electrons. The van der Waals surface area contributed by atoms with Crippen LogP contribution in [-0.4, -0.2) is 23.9 Å². The second-order valence-corrected chi connectivity index (χ2v) is 2.88. The van der Waals surface area contributed by atoms with Gasteiger partial charge in [0, 0.05) is 5.92 Å². The monoisotopic (exact) mass is 154 g/mol. The Hall–Kier alpha value is -0.520. The fourth-order valence-corrected chi connectivity index (χ4v) is 1.41. The van der Waals surface area contributed by atoms with Gasteiger partial charge < -0.3 is 9.84 Å². The molecule has 0 aromatic carbocycles. The van der Waals surface area contributed by atoms with Crippen molar-refractivity contribution in [2.75, 3.05) is 6.61 Å². The number of hydrogen-bond donors (Lipinski definition) is 1. The van der Waals surface area contributed by atoms with Crippen LogP contribution >= 0.6 is 0 Å². The van der Waals surface area contributed by atoms with Crippen LogP contribution in [0.25, 0.3) is 0 Å². The van der Waals surface area contributed by atoms with Crippen LogP contribution in [0.5, 0.6) is 0 Å². The zero-order valence-electron chi connectivity index (χ0n) is 7.00. The Morgan fingerprint density at radius 3 is 2.82 bits per heavy atom. The zero-order valence-corrected chi connectivity index (χ0v) is 7.00.